The van der Waals surface area contributed by atoms with Crippen LogP contribution in [0.1, 0.15) is 23.1 Å². The van der Waals surface area contributed by atoms with Crippen molar-refractivity contribution in [3.05, 3.63) is 43.0 Å². The molecule has 0 fully saturated rings. The van der Waals surface area contributed by atoms with Gasteiger partial charge in [0.05, 0.1) is 20.4 Å². The summed E-state index contributed by atoms with van der Waals surface area (Å²) in [5.41, 5.74) is 2.02. The predicted octanol–water partition coefficient (Wildman–Crippen LogP) is 6.34. The Morgan fingerprint density at radius 3 is 3.00 bits per heavy atom. The first-order valence-electron chi connectivity index (χ1n) is 6.72. The van der Waals surface area contributed by atoms with E-state index in [-0.39, 0.29) is 0 Å². The number of hydrogen-bond acceptors (Lipinski definition) is 4. The first kappa shape index (κ1) is 15.3. The summed E-state index contributed by atoms with van der Waals surface area (Å²) >= 11 is 13.4. The molecule has 2 nitrogen and oxygen atoms in total. The highest BCUT2D eigenvalue weighted by molar-refractivity contribution is 9.10. The van der Waals surface area contributed by atoms with Crippen LogP contribution in [-0.2, 0) is 13.0 Å². The number of pyridine rings is 1. The molecule has 0 aromatic carbocycles. The smallest absolute Gasteiger partial charge is 0.131 e. The number of aryl methyl sites for hydroxylation is 1. The van der Waals surface area contributed by atoms with Crippen molar-refractivity contribution in [1.29, 1.82) is 0 Å². The molecule has 0 bridgehead atoms. The van der Waals surface area contributed by atoms with E-state index >= 15 is 0 Å². The Morgan fingerprint density at radius 1 is 1.43 bits per heavy atom. The SMILES string of the molecule is CCCc1sc2c(NCc3cccs3)cc(Cl)nc2c1Br. The van der Waals surface area contributed by atoms with Crippen LogP contribution >= 0.6 is 50.2 Å². The molecule has 0 unspecified atom stereocenters. The second-order valence-electron chi connectivity index (χ2n) is 4.69. The maximum atomic E-state index is 6.18. The third kappa shape index (κ3) is 3.26. The van der Waals surface area contributed by atoms with Gasteiger partial charge in [0, 0.05) is 22.4 Å². The van der Waals surface area contributed by atoms with E-state index in [0.717, 1.165) is 35.1 Å². The highest BCUT2D eigenvalue weighted by Crippen LogP contribution is 2.40. The molecule has 0 radical (unpaired) electrons. The van der Waals surface area contributed by atoms with Gasteiger partial charge in [0.2, 0.25) is 0 Å². The Kier molecular flexibility index (Phi) is 4.84. The highest BCUT2D eigenvalue weighted by atomic mass is 79.9. The molecule has 0 aliphatic heterocycles. The minimum atomic E-state index is 0.526. The summed E-state index contributed by atoms with van der Waals surface area (Å²) in [6, 6.07) is 6.11. The minimum absolute atomic E-state index is 0.526. The van der Waals surface area contributed by atoms with Crippen LogP contribution in [0.5, 0.6) is 0 Å². The molecule has 0 saturated heterocycles. The largest absolute Gasteiger partial charge is 0.379 e. The van der Waals surface area contributed by atoms with E-state index in [1.165, 1.54) is 14.5 Å². The van der Waals surface area contributed by atoms with Crippen LogP contribution in [0.3, 0.4) is 0 Å². The Labute approximate surface area is 145 Å². The molecule has 0 atom stereocenters. The number of thiophene rings is 2. The fourth-order valence-electron chi connectivity index (χ4n) is 2.17. The molecule has 0 spiro atoms. The van der Waals surface area contributed by atoms with Gasteiger partial charge < -0.3 is 5.32 Å². The van der Waals surface area contributed by atoms with Gasteiger partial charge in [-0.25, -0.2) is 4.98 Å². The average Bonchev–Trinajstić information content (AvgIpc) is 3.07. The number of anilines is 1. The Balaban J connectivity index is 1.98. The average molecular weight is 402 g/mol. The summed E-state index contributed by atoms with van der Waals surface area (Å²) in [4.78, 5) is 7.12. The molecule has 3 aromatic heterocycles. The lowest BCUT2D eigenvalue weighted by atomic mass is 10.2. The highest BCUT2D eigenvalue weighted by Gasteiger charge is 2.15. The van der Waals surface area contributed by atoms with Crippen LogP contribution in [0.4, 0.5) is 5.69 Å². The van der Waals surface area contributed by atoms with Gasteiger partial charge >= 0.3 is 0 Å². The maximum Gasteiger partial charge on any atom is 0.131 e. The second-order valence-corrected chi connectivity index (χ2v) is 8.01. The molecular formula is C15H14BrClN2S2. The molecule has 3 aromatic rings. The van der Waals surface area contributed by atoms with Gasteiger partial charge in [0.1, 0.15) is 5.15 Å². The molecule has 3 rings (SSSR count). The fraction of sp³-hybridized carbons (Fsp3) is 0.267. The van der Waals surface area contributed by atoms with Gasteiger partial charge in [-0.15, -0.1) is 22.7 Å². The first-order chi connectivity index (χ1) is 10.2. The van der Waals surface area contributed by atoms with Crippen molar-refractivity contribution in [2.75, 3.05) is 5.32 Å². The summed E-state index contributed by atoms with van der Waals surface area (Å²) in [5, 5.41) is 6.11. The fourth-order valence-corrected chi connectivity index (χ4v) is 5.09. The zero-order valence-corrected chi connectivity index (χ0v) is 15.4. The quantitative estimate of drug-likeness (QED) is 0.505. The van der Waals surface area contributed by atoms with Crippen molar-refractivity contribution >= 4 is 66.1 Å². The van der Waals surface area contributed by atoms with Gasteiger partial charge in [0.15, 0.2) is 0 Å². The lowest BCUT2D eigenvalue weighted by Gasteiger charge is -2.06. The standard InChI is InChI=1S/C15H14BrClN2S2/c1-2-4-11-13(16)14-15(21-11)10(7-12(17)19-14)18-8-9-5-3-6-20-9/h3,5-7H,2,4,8H2,1H3,(H,18,19). The van der Waals surface area contributed by atoms with Crippen LogP contribution in [0.15, 0.2) is 28.1 Å². The first-order valence-corrected chi connectivity index (χ1v) is 9.59. The zero-order chi connectivity index (χ0) is 14.8. The van der Waals surface area contributed by atoms with E-state index in [4.69, 9.17) is 11.6 Å². The number of nitrogens with one attached hydrogen (secondary N) is 1. The second kappa shape index (κ2) is 6.65. The van der Waals surface area contributed by atoms with E-state index in [9.17, 15) is 0 Å². The van der Waals surface area contributed by atoms with Crippen LogP contribution in [0.2, 0.25) is 5.15 Å². The molecule has 3 heterocycles. The lowest BCUT2D eigenvalue weighted by Crippen LogP contribution is -1.98. The molecule has 0 amide bonds. The van der Waals surface area contributed by atoms with E-state index in [0.29, 0.717) is 5.15 Å². The van der Waals surface area contributed by atoms with Crippen LogP contribution in [-0.4, -0.2) is 4.98 Å². The molecule has 21 heavy (non-hydrogen) atoms. The lowest BCUT2D eigenvalue weighted by molar-refractivity contribution is 0.937. The van der Waals surface area contributed by atoms with Crippen LogP contribution in [0.25, 0.3) is 10.2 Å². The normalized spacial score (nSPS) is 11.2. The Hall–Kier alpha value is -0.620. The van der Waals surface area contributed by atoms with Crippen molar-refractivity contribution in [2.24, 2.45) is 0 Å². The van der Waals surface area contributed by atoms with Gasteiger partial charge in [-0.2, -0.15) is 0 Å². The molecule has 1 N–H and O–H groups in total. The maximum absolute atomic E-state index is 6.18. The van der Waals surface area contributed by atoms with E-state index < -0.39 is 0 Å². The van der Waals surface area contributed by atoms with Crippen molar-refractivity contribution in [3.8, 4) is 0 Å². The van der Waals surface area contributed by atoms with Crippen LogP contribution < -0.4 is 5.32 Å². The van der Waals surface area contributed by atoms with Crippen molar-refractivity contribution < 1.29 is 0 Å². The molecular weight excluding hydrogens is 388 g/mol. The minimum Gasteiger partial charge on any atom is -0.379 e. The third-order valence-electron chi connectivity index (χ3n) is 3.13. The van der Waals surface area contributed by atoms with Gasteiger partial charge in [0.25, 0.3) is 0 Å². The molecule has 110 valence electrons. The van der Waals surface area contributed by atoms with Crippen molar-refractivity contribution in [1.82, 2.24) is 4.98 Å². The third-order valence-corrected chi connectivity index (χ3v) is 6.59. The molecule has 0 aliphatic carbocycles. The number of halogens is 2. The number of nitrogens with zero attached hydrogens (tertiary/aromatic N) is 1. The van der Waals surface area contributed by atoms with Crippen molar-refractivity contribution in [2.45, 2.75) is 26.3 Å². The van der Waals surface area contributed by atoms with Crippen molar-refractivity contribution in [3.63, 3.8) is 0 Å². The number of hydrogen-bond donors (Lipinski definition) is 1. The Bertz CT molecular complexity index is 753. The topological polar surface area (TPSA) is 24.9 Å². The summed E-state index contributed by atoms with van der Waals surface area (Å²) in [7, 11) is 0. The number of aromatic nitrogens is 1. The number of fused-ring (bicyclic) bond motifs is 1. The summed E-state index contributed by atoms with van der Waals surface area (Å²) < 4.78 is 2.26. The summed E-state index contributed by atoms with van der Waals surface area (Å²) in [6.45, 7) is 3.00. The van der Waals surface area contributed by atoms with E-state index in [2.05, 4.69) is 50.7 Å². The van der Waals surface area contributed by atoms with E-state index in [1.54, 1.807) is 22.7 Å². The Morgan fingerprint density at radius 2 is 2.29 bits per heavy atom. The summed E-state index contributed by atoms with van der Waals surface area (Å²) in [6.07, 6.45) is 2.18. The predicted molar refractivity (Wildman–Crippen MR) is 98.0 cm³/mol. The van der Waals surface area contributed by atoms with E-state index in [1.807, 2.05) is 6.07 Å². The summed E-state index contributed by atoms with van der Waals surface area (Å²) in [5.74, 6) is 0. The molecule has 0 saturated carbocycles. The number of rotatable bonds is 5. The van der Waals surface area contributed by atoms with Gasteiger partial charge in [-0.05, 0) is 33.8 Å². The van der Waals surface area contributed by atoms with Gasteiger partial charge in [-0.3, -0.25) is 0 Å². The van der Waals surface area contributed by atoms with Crippen LogP contribution in [0, 0.1) is 0 Å². The monoisotopic (exact) mass is 400 g/mol. The van der Waals surface area contributed by atoms with Gasteiger partial charge in [-0.1, -0.05) is 31.0 Å². The molecule has 6 heteroatoms. The zero-order valence-electron chi connectivity index (χ0n) is 11.5. The molecule has 0 aliphatic rings.